The van der Waals surface area contributed by atoms with Crippen LogP contribution in [-0.2, 0) is 6.42 Å². The third kappa shape index (κ3) is 4.30. The topological polar surface area (TPSA) is 65.2 Å². The zero-order chi connectivity index (χ0) is 20.2. The zero-order valence-corrected chi connectivity index (χ0v) is 17.3. The summed E-state index contributed by atoms with van der Waals surface area (Å²) in [6, 6.07) is 10.6. The van der Waals surface area contributed by atoms with Crippen LogP contribution in [0.15, 0.2) is 30.3 Å². The van der Waals surface area contributed by atoms with Crippen molar-refractivity contribution in [2.45, 2.75) is 57.9 Å². The first-order valence-corrected chi connectivity index (χ1v) is 11.0. The van der Waals surface area contributed by atoms with Gasteiger partial charge in [-0.3, -0.25) is 14.5 Å². The Morgan fingerprint density at radius 3 is 2.52 bits per heavy atom. The summed E-state index contributed by atoms with van der Waals surface area (Å²) in [7, 11) is 0. The molecule has 1 atom stereocenters. The lowest BCUT2D eigenvalue weighted by atomic mass is 9.93. The number of H-pyrrole nitrogens is 1. The van der Waals surface area contributed by atoms with Crippen LogP contribution in [0.3, 0.4) is 0 Å². The van der Waals surface area contributed by atoms with Gasteiger partial charge in [0.2, 0.25) is 0 Å². The molecule has 4 rings (SSSR count). The van der Waals surface area contributed by atoms with Crippen molar-refractivity contribution in [3.05, 3.63) is 58.4 Å². The lowest BCUT2D eigenvalue weighted by molar-refractivity contribution is 0.0913. The van der Waals surface area contributed by atoms with E-state index in [1.807, 2.05) is 13.0 Å². The highest BCUT2D eigenvalue weighted by Crippen LogP contribution is 2.28. The van der Waals surface area contributed by atoms with Gasteiger partial charge < -0.3 is 10.3 Å². The lowest BCUT2D eigenvalue weighted by Gasteiger charge is -2.31. The second kappa shape index (κ2) is 8.95. The molecule has 1 unspecified atom stereocenters. The molecule has 1 aliphatic heterocycles. The zero-order valence-electron chi connectivity index (χ0n) is 17.3. The maximum Gasteiger partial charge on any atom is 0.253 e. The lowest BCUT2D eigenvalue weighted by Crippen LogP contribution is -2.39. The Bertz CT molecular complexity index is 864. The molecule has 2 aliphatic rings. The molecule has 5 heteroatoms. The molecule has 1 aliphatic carbocycles. The number of Topliss-reactive ketones (excluding diaryl/α,β-unsaturated/α-hetero) is 1. The first kappa shape index (κ1) is 19.9. The number of nitrogens with one attached hydrogen (secondary N) is 2. The average Bonchev–Trinajstić information content (AvgIpc) is 2.89. The predicted octanol–water partition coefficient (Wildman–Crippen LogP) is 4.19. The molecule has 1 amide bonds. The van der Waals surface area contributed by atoms with Gasteiger partial charge in [-0.2, -0.15) is 0 Å². The predicted molar refractivity (Wildman–Crippen MR) is 114 cm³/mol. The summed E-state index contributed by atoms with van der Waals surface area (Å²) >= 11 is 0. The number of benzene rings is 1. The molecule has 0 spiro atoms. The van der Waals surface area contributed by atoms with E-state index in [0.717, 1.165) is 37.3 Å². The molecule has 1 fully saturated rings. The Hall–Kier alpha value is -2.40. The highest BCUT2D eigenvalue weighted by Gasteiger charge is 2.29. The molecular formula is C24H31N3O2. The van der Waals surface area contributed by atoms with Crippen LogP contribution in [0.1, 0.15) is 82.2 Å². The Morgan fingerprint density at radius 2 is 1.79 bits per heavy atom. The number of rotatable bonds is 5. The summed E-state index contributed by atoms with van der Waals surface area (Å²) in [5.74, 6) is -0.0427. The van der Waals surface area contributed by atoms with Crippen LogP contribution >= 0.6 is 0 Å². The number of amides is 1. The maximum absolute atomic E-state index is 13.1. The normalized spacial score (nSPS) is 18.7. The van der Waals surface area contributed by atoms with Gasteiger partial charge in [0.1, 0.15) is 0 Å². The highest BCUT2D eigenvalue weighted by atomic mass is 16.2. The second-order valence-electron chi connectivity index (χ2n) is 8.34. The van der Waals surface area contributed by atoms with E-state index in [1.165, 1.54) is 31.2 Å². The van der Waals surface area contributed by atoms with Crippen molar-refractivity contribution in [2.75, 3.05) is 19.6 Å². The molecule has 2 N–H and O–H groups in total. The van der Waals surface area contributed by atoms with Crippen molar-refractivity contribution in [1.29, 1.82) is 0 Å². The monoisotopic (exact) mass is 393 g/mol. The molecule has 0 radical (unpaired) electrons. The number of carbonyl (C=O) groups excluding carboxylic acids is 2. The summed E-state index contributed by atoms with van der Waals surface area (Å²) in [6.07, 6.45) is 7.20. The molecule has 0 saturated carbocycles. The van der Waals surface area contributed by atoms with Gasteiger partial charge in [0.15, 0.2) is 5.78 Å². The van der Waals surface area contributed by atoms with Gasteiger partial charge in [-0.1, -0.05) is 43.2 Å². The third-order valence-corrected chi connectivity index (χ3v) is 6.32. The van der Waals surface area contributed by atoms with E-state index in [4.69, 9.17) is 0 Å². The summed E-state index contributed by atoms with van der Waals surface area (Å²) in [6.45, 7) is 4.57. The molecule has 1 aromatic carbocycles. The third-order valence-electron chi connectivity index (χ3n) is 6.32. The van der Waals surface area contributed by atoms with Crippen LogP contribution in [0.5, 0.6) is 0 Å². The summed E-state index contributed by atoms with van der Waals surface area (Å²) in [4.78, 5) is 31.4. The van der Waals surface area contributed by atoms with Crippen LogP contribution in [0.2, 0.25) is 0 Å². The molecule has 5 nitrogen and oxygen atoms in total. The first-order chi connectivity index (χ1) is 14.1. The number of ketones is 1. The fourth-order valence-corrected chi connectivity index (χ4v) is 4.84. The minimum Gasteiger partial charge on any atom is -0.361 e. The average molecular weight is 394 g/mol. The standard InChI is InChI=1S/C24H31N3O2/c1-17-22(23-19(26-17)12-9-13-21(23)28)24(29)25-16-20(18-10-5-4-6-11-18)27-14-7-2-3-8-15-27/h4-6,10-11,20,26H,2-3,7-9,12-16H2,1H3,(H,25,29). The van der Waals surface area contributed by atoms with Gasteiger partial charge in [-0.05, 0) is 51.3 Å². The molecule has 154 valence electrons. The smallest absolute Gasteiger partial charge is 0.253 e. The van der Waals surface area contributed by atoms with Crippen LogP contribution in [-0.4, -0.2) is 41.2 Å². The number of hydrogen-bond donors (Lipinski definition) is 2. The van der Waals surface area contributed by atoms with E-state index in [0.29, 0.717) is 24.1 Å². The molecule has 29 heavy (non-hydrogen) atoms. The number of hydrogen-bond acceptors (Lipinski definition) is 3. The summed E-state index contributed by atoms with van der Waals surface area (Å²) in [5, 5.41) is 3.16. The van der Waals surface area contributed by atoms with E-state index in [-0.39, 0.29) is 17.7 Å². The van der Waals surface area contributed by atoms with Crippen molar-refractivity contribution in [3.8, 4) is 0 Å². The molecule has 0 bridgehead atoms. The fraction of sp³-hybridized carbons (Fsp3) is 0.500. The number of carbonyl (C=O) groups is 2. The van der Waals surface area contributed by atoms with Gasteiger partial charge in [-0.15, -0.1) is 0 Å². The largest absolute Gasteiger partial charge is 0.361 e. The van der Waals surface area contributed by atoms with Crippen molar-refractivity contribution < 1.29 is 9.59 Å². The summed E-state index contributed by atoms with van der Waals surface area (Å²) < 4.78 is 0. The Kier molecular flexibility index (Phi) is 6.14. The molecule has 1 aromatic heterocycles. The minimum atomic E-state index is -0.133. The van der Waals surface area contributed by atoms with Gasteiger partial charge in [0.25, 0.3) is 5.91 Å². The Balaban J connectivity index is 1.54. The number of aromatic amines is 1. The van der Waals surface area contributed by atoms with Crippen LogP contribution < -0.4 is 5.32 Å². The highest BCUT2D eigenvalue weighted by molar-refractivity contribution is 6.10. The second-order valence-corrected chi connectivity index (χ2v) is 8.34. The number of fused-ring (bicyclic) bond motifs is 1. The van der Waals surface area contributed by atoms with Crippen LogP contribution in [0, 0.1) is 6.92 Å². The van der Waals surface area contributed by atoms with Crippen LogP contribution in [0.4, 0.5) is 0 Å². The quantitative estimate of drug-likeness (QED) is 0.801. The fourth-order valence-electron chi connectivity index (χ4n) is 4.84. The SMILES string of the molecule is Cc1[nH]c2c(c1C(=O)NCC(c1ccccc1)N1CCCCCC1)C(=O)CCC2. The first-order valence-electron chi connectivity index (χ1n) is 11.0. The van der Waals surface area contributed by atoms with E-state index in [2.05, 4.69) is 39.5 Å². The van der Waals surface area contributed by atoms with Crippen molar-refractivity contribution in [3.63, 3.8) is 0 Å². The van der Waals surface area contributed by atoms with E-state index >= 15 is 0 Å². The van der Waals surface area contributed by atoms with Crippen LogP contribution in [0.25, 0.3) is 0 Å². The van der Waals surface area contributed by atoms with E-state index in [9.17, 15) is 9.59 Å². The molecule has 2 aromatic rings. The van der Waals surface area contributed by atoms with Gasteiger partial charge in [0, 0.05) is 24.4 Å². The summed E-state index contributed by atoms with van der Waals surface area (Å²) in [5.41, 5.74) is 4.13. The van der Waals surface area contributed by atoms with Gasteiger partial charge >= 0.3 is 0 Å². The van der Waals surface area contributed by atoms with Gasteiger partial charge in [-0.25, -0.2) is 0 Å². The van der Waals surface area contributed by atoms with E-state index < -0.39 is 0 Å². The van der Waals surface area contributed by atoms with Gasteiger partial charge in [0.05, 0.1) is 17.2 Å². The molecule has 1 saturated heterocycles. The number of nitrogens with zero attached hydrogens (tertiary/aromatic N) is 1. The molecular weight excluding hydrogens is 362 g/mol. The van der Waals surface area contributed by atoms with Crippen molar-refractivity contribution in [1.82, 2.24) is 15.2 Å². The van der Waals surface area contributed by atoms with E-state index in [1.54, 1.807) is 0 Å². The number of likely N-dealkylation sites (tertiary alicyclic amines) is 1. The van der Waals surface area contributed by atoms with Crippen molar-refractivity contribution in [2.24, 2.45) is 0 Å². The maximum atomic E-state index is 13.1. The Labute approximate surface area is 172 Å². The van der Waals surface area contributed by atoms with Crippen molar-refractivity contribution >= 4 is 11.7 Å². The Morgan fingerprint density at radius 1 is 1.07 bits per heavy atom. The number of aromatic nitrogens is 1. The molecule has 2 heterocycles. The minimum absolute atomic E-state index is 0.0906. The number of aryl methyl sites for hydroxylation is 2.